The van der Waals surface area contributed by atoms with Crippen molar-refractivity contribution in [3.63, 3.8) is 0 Å². The van der Waals surface area contributed by atoms with Crippen LogP contribution in [0.1, 0.15) is 148 Å². The number of rotatable bonds is 28. The number of alkyl halides is 8. The van der Waals surface area contributed by atoms with Crippen LogP contribution in [-0.2, 0) is 107 Å². The van der Waals surface area contributed by atoms with Crippen LogP contribution in [0.2, 0.25) is 5.02 Å². The van der Waals surface area contributed by atoms with Crippen LogP contribution in [0.15, 0.2) is 54.6 Å². The van der Waals surface area contributed by atoms with Gasteiger partial charge in [-0.05, 0) is 120 Å². The molecule has 2 aliphatic rings. The van der Waals surface area contributed by atoms with Crippen molar-refractivity contribution in [1.29, 1.82) is 0 Å². The first-order valence-corrected chi connectivity index (χ1v) is 35.9. The van der Waals surface area contributed by atoms with E-state index < -0.39 is 245 Å². The summed E-state index contributed by atoms with van der Waals surface area (Å²) in [7, 11) is -14.1. The second kappa shape index (κ2) is 28.9. The average Bonchev–Trinajstić information content (AvgIpc) is 1.51. The number of hydrogen-bond donors (Lipinski definition) is 6. The largest absolute Gasteiger partial charge is 0.530 e. The van der Waals surface area contributed by atoms with Gasteiger partial charge in [0.25, 0.3) is 5.92 Å². The van der Waals surface area contributed by atoms with Gasteiger partial charge in [-0.3, -0.25) is 47.1 Å². The molecule has 3 aromatic heterocycles. The lowest BCUT2D eigenvalue weighted by molar-refractivity contribution is -0.147. The number of primary amides is 1. The van der Waals surface area contributed by atoms with Crippen LogP contribution in [-0.4, -0.2) is 123 Å². The second-order valence-corrected chi connectivity index (χ2v) is 32.1. The molecule has 4 atom stereocenters. The van der Waals surface area contributed by atoms with Crippen LogP contribution in [0, 0.1) is 29.4 Å². The van der Waals surface area contributed by atoms with E-state index in [4.69, 9.17) is 30.9 Å². The standard InChI is InChI=1S/C63H65ClF10N9O16PS2/c1-29(2)97-100(92,98-30(3)4)99-45-20-33(57(75)89)19-32(21-46(84)78-43(58(90)91)24-49(87)88)52(45)59(5,6)25-47(85)81-102(95,96)27-44-51-41(64)13-12-38(54(51)83(79-44)28-61(67,68)69)37-11-10-36(14-15-60(7,8)101(9,93)94)76-53(37)42(18-31-16-34(65)22-35(66)17-31)77-48(86)26-82-56-50(55(80-82)63(72,73)74)39-23-40(39)62(56,70)71/h10-13,16-17,19-20,22,29-30,39-40,42-43H,18,21,23-28H2,1-9H3,(H2,75,89)(H,77,86)(H,78,84)(H,81,85)(H,87,88)(H,90,91)/t39-,40+,42-,43-/m0/s1. The van der Waals surface area contributed by atoms with Gasteiger partial charge >= 0.3 is 32.1 Å². The zero-order chi connectivity index (χ0) is 76.3. The van der Waals surface area contributed by atoms with Crippen LogP contribution in [0.4, 0.5) is 43.9 Å². The summed E-state index contributed by atoms with van der Waals surface area (Å²) < 4.78 is 236. The third-order valence-corrected chi connectivity index (χ3v) is 21.2. The number of nitrogens with two attached hydrogens (primary N) is 1. The highest BCUT2D eigenvalue weighted by molar-refractivity contribution is 7.92. The number of amides is 4. The Morgan fingerprint density at radius 3 is 2.02 bits per heavy atom. The van der Waals surface area contributed by atoms with E-state index in [9.17, 15) is 86.7 Å². The number of sulfonamides is 1. The number of carbonyl (C=O) groups is 6. The molecule has 1 fully saturated rings. The summed E-state index contributed by atoms with van der Waals surface area (Å²) in [6.07, 6.45) is -15.8. The minimum absolute atomic E-state index is 0.152. The maximum absolute atomic E-state index is 15.8. The van der Waals surface area contributed by atoms with Crippen LogP contribution in [0.3, 0.4) is 0 Å². The van der Waals surface area contributed by atoms with Crippen LogP contribution >= 0.6 is 19.4 Å². The van der Waals surface area contributed by atoms with Crippen molar-refractivity contribution in [3.8, 4) is 28.7 Å². The molecule has 0 bridgehead atoms. The van der Waals surface area contributed by atoms with Crippen LogP contribution in [0.5, 0.6) is 5.75 Å². The van der Waals surface area contributed by atoms with E-state index in [0.29, 0.717) is 6.07 Å². The zero-order valence-corrected chi connectivity index (χ0v) is 58.4. The van der Waals surface area contributed by atoms with Gasteiger partial charge in [0, 0.05) is 63.3 Å². The van der Waals surface area contributed by atoms with Gasteiger partial charge in [-0.25, -0.2) is 40.0 Å². The number of aromatic nitrogens is 5. The fourth-order valence-corrected chi connectivity index (χ4v) is 14.8. The van der Waals surface area contributed by atoms with Crippen molar-refractivity contribution in [2.24, 2.45) is 11.7 Å². The number of nitrogens with zero attached hydrogens (tertiary/aromatic N) is 5. The first kappa shape index (κ1) is 79.0. The number of benzene rings is 3. The molecule has 3 heterocycles. The Balaban J connectivity index is 1.25. The summed E-state index contributed by atoms with van der Waals surface area (Å²) in [6, 6.07) is 4.25. The van der Waals surface area contributed by atoms with Crippen molar-refractivity contribution < 1.29 is 118 Å². The van der Waals surface area contributed by atoms with Gasteiger partial charge in [0.05, 0.1) is 53.0 Å². The molecule has 25 nitrogen and oxygen atoms in total. The average molecular weight is 1520 g/mol. The van der Waals surface area contributed by atoms with Crippen molar-refractivity contribution in [1.82, 2.24) is 39.9 Å². The van der Waals surface area contributed by atoms with E-state index in [-0.39, 0.29) is 43.7 Å². The molecule has 102 heavy (non-hydrogen) atoms. The number of carboxylic acid groups (broad SMARTS) is 2. The monoisotopic (exact) mass is 1520 g/mol. The van der Waals surface area contributed by atoms with Crippen molar-refractivity contribution in [3.05, 3.63) is 128 Å². The number of phosphoric acid groups is 1. The van der Waals surface area contributed by atoms with E-state index in [2.05, 4.69) is 32.3 Å². The molecule has 0 radical (unpaired) electrons. The number of hydrogen-bond acceptors (Lipinski definition) is 17. The molecule has 7 N–H and O–H groups in total. The molecule has 39 heteroatoms. The molecule has 1 saturated carbocycles. The maximum atomic E-state index is 15.8. The first-order chi connectivity index (χ1) is 46.8. The molecule has 0 spiro atoms. The lowest BCUT2D eigenvalue weighted by Crippen LogP contribution is -2.43. The third kappa shape index (κ3) is 18.4. The molecule has 0 saturated heterocycles. The van der Waals surface area contributed by atoms with Gasteiger partial charge in [0.1, 0.15) is 58.4 Å². The predicted octanol–water partition coefficient (Wildman–Crippen LogP) is 9.63. The minimum Gasteiger partial charge on any atom is -0.481 e. The Labute approximate surface area is 580 Å². The van der Waals surface area contributed by atoms with Gasteiger partial charge in [-0.15, -0.1) is 0 Å². The Hall–Kier alpha value is -8.69. The summed E-state index contributed by atoms with van der Waals surface area (Å²) in [5.74, 6) is -14.9. The smallest absolute Gasteiger partial charge is 0.481 e. The lowest BCUT2D eigenvalue weighted by atomic mass is 9.77. The van der Waals surface area contributed by atoms with Crippen LogP contribution in [0.25, 0.3) is 22.0 Å². The summed E-state index contributed by atoms with van der Waals surface area (Å²) >= 11 is 6.77. The van der Waals surface area contributed by atoms with Gasteiger partial charge in [0.2, 0.25) is 33.7 Å². The van der Waals surface area contributed by atoms with Gasteiger partial charge in [0.15, 0.2) is 15.5 Å². The van der Waals surface area contributed by atoms with Crippen molar-refractivity contribution in [2.45, 2.75) is 165 Å². The van der Waals surface area contributed by atoms with E-state index in [1.54, 1.807) is 4.72 Å². The normalized spacial score (nSPS) is 16.0. The topological polar surface area (TPSA) is 367 Å². The molecular weight excluding hydrogens is 1460 g/mol. The van der Waals surface area contributed by atoms with E-state index in [0.717, 1.165) is 54.8 Å². The summed E-state index contributed by atoms with van der Waals surface area (Å²) in [4.78, 5) is 83.4. The lowest BCUT2D eigenvalue weighted by Gasteiger charge is -2.31. The number of aliphatic carboxylic acids is 2. The van der Waals surface area contributed by atoms with E-state index in [1.807, 2.05) is 5.32 Å². The van der Waals surface area contributed by atoms with Gasteiger partial charge in [-0.2, -0.15) is 45.3 Å². The summed E-state index contributed by atoms with van der Waals surface area (Å²) in [5.41, 5.74) is -4.64. The highest BCUT2D eigenvalue weighted by Gasteiger charge is 2.68. The Morgan fingerprint density at radius 1 is 0.843 bits per heavy atom. The Bertz CT molecular complexity index is 4730. The van der Waals surface area contributed by atoms with Crippen molar-refractivity contribution >= 4 is 85.8 Å². The van der Waals surface area contributed by atoms with Gasteiger partial charge in [-0.1, -0.05) is 37.4 Å². The number of pyridine rings is 1. The van der Waals surface area contributed by atoms with Gasteiger partial charge < -0.3 is 31.1 Å². The fourth-order valence-electron chi connectivity index (χ4n) is 11.7. The molecule has 0 unspecified atom stereocenters. The maximum Gasteiger partial charge on any atom is 0.530 e. The molecule has 552 valence electrons. The molecular formula is C63H65ClF10N9O16PS2. The number of carboxylic acids is 2. The minimum atomic E-state index is -5.29. The Morgan fingerprint density at radius 2 is 1.46 bits per heavy atom. The predicted molar refractivity (Wildman–Crippen MR) is 342 cm³/mol. The van der Waals surface area contributed by atoms with Crippen LogP contribution < -0.4 is 25.6 Å². The summed E-state index contributed by atoms with van der Waals surface area (Å²) in [6.45, 7) is 7.17. The highest BCUT2D eigenvalue weighted by atomic mass is 35.5. The zero-order valence-electron chi connectivity index (χ0n) is 55.2. The number of phosphoric ester groups is 1. The first-order valence-electron chi connectivity index (χ1n) is 30.5. The molecule has 8 rings (SSSR count). The number of nitrogens with one attached hydrogen (secondary N) is 3. The number of carbonyl (C=O) groups excluding carboxylic acids is 4. The van der Waals surface area contributed by atoms with Crippen molar-refractivity contribution in [2.75, 3.05) is 6.26 Å². The molecule has 6 aromatic rings. The third-order valence-electron chi connectivity index (χ3n) is 16.0. The molecule has 4 amide bonds. The quantitative estimate of drug-likeness (QED) is 0.0151. The highest BCUT2D eigenvalue weighted by Crippen LogP contribution is 2.68. The number of fused-ring (bicyclic) bond motifs is 4. The molecule has 0 aliphatic heterocycles. The second-order valence-electron chi connectivity index (χ2n) is 25.9. The van der Waals surface area contributed by atoms with E-state index >= 15 is 17.6 Å². The SMILES string of the molecule is CC(C)OP(=O)(Oc1cc(C(N)=O)cc(CC(=O)N[C@@H](CC(=O)O)C(=O)O)c1C(C)(C)CC(=O)NS(=O)(=O)Cc1nn(CC(F)(F)F)c2c(-c3ccc(C#CC(C)(C)S(C)(=O)=O)nc3[C@H](Cc3cc(F)cc(F)c3)NC(=O)Cn3nc(C(F)(F)F)c4c3C(F)(F)[C@@H]3C[C@H]43)ccc(Cl)c12)OC(C)C. The molecule has 2 aliphatic carbocycles. The van der Waals surface area contributed by atoms with E-state index in [1.165, 1.54) is 55.4 Å². The molecule has 3 aromatic carbocycles. The fraction of sp³-hybridized carbons (Fsp3) is 0.444. The summed E-state index contributed by atoms with van der Waals surface area (Å²) in [5, 5.41) is 29.8. The number of sulfone groups is 1. The number of halogens is 11. The Kier molecular flexibility index (Phi) is 22.4.